The number of hydrogen-bond acceptors (Lipinski definition) is 5. The van der Waals surface area contributed by atoms with Crippen molar-refractivity contribution in [3.63, 3.8) is 0 Å². The molecule has 2 N–H and O–H groups in total. The predicted molar refractivity (Wildman–Crippen MR) is 124 cm³/mol. The minimum Gasteiger partial charge on any atom is -0.482 e. The van der Waals surface area contributed by atoms with Gasteiger partial charge in [-0.05, 0) is 55.0 Å². The topological polar surface area (TPSA) is 79.7 Å². The van der Waals surface area contributed by atoms with Crippen molar-refractivity contribution in [3.05, 3.63) is 69.7 Å². The fraction of sp³-hybridized carbons (Fsp3) is 0.360. The lowest BCUT2D eigenvalue weighted by atomic mass is 10.0. The zero-order valence-corrected chi connectivity index (χ0v) is 19.8. The Labute approximate surface area is 199 Å². The van der Waals surface area contributed by atoms with E-state index in [0.717, 1.165) is 29.0 Å². The van der Waals surface area contributed by atoms with Crippen molar-refractivity contribution < 1.29 is 32.9 Å². The summed E-state index contributed by atoms with van der Waals surface area (Å²) < 4.78 is 43.8. The van der Waals surface area contributed by atoms with E-state index in [1.807, 2.05) is 32.9 Å². The van der Waals surface area contributed by atoms with Crippen LogP contribution in [0.2, 0.25) is 0 Å². The molecule has 0 unspecified atom stereocenters. The molecule has 0 aliphatic rings. The Balaban J connectivity index is 1.74. The van der Waals surface area contributed by atoms with E-state index >= 15 is 0 Å². The molecule has 0 amide bonds. The summed E-state index contributed by atoms with van der Waals surface area (Å²) in [6.07, 6.45) is -4.17. The van der Waals surface area contributed by atoms with Crippen molar-refractivity contribution in [3.8, 4) is 16.3 Å². The number of carboxylic acid groups (broad SMARTS) is 1. The number of aryl methyl sites for hydroxylation is 2. The lowest BCUT2D eigenvalue weighted by Gasteiger charge is -2.13. The number of ether oxygens (including phenoxy) is 1. The molecule has 34 heavy (non-hydrogen) atoms. The summed E-state index contributed by atoms with van der Waals surface area (Å²) in [6, 6.07) is 10.3. The van der Waals surface area contributed by atoms with Crippen LogP contribution in [0.1, 0.15) is 59.6 Å². The van der Waals surface area contributed by atoms with Crippen LogP contribution in [0.3, 0.4) is 0 Å². The van der Waals surface area contributed by atoms with Crippen molar-refractivity contribution in [1.82, 2.24) is 4.98 Å². The number of halogens is 3. The SMILES string of the molecule is Cc1cc(CC[C@H](O)c2sc(-c3ccc(C(F)(F)F)cc3)nc2C(C)C)ccc1OCC(=O)O. The van der Waals surface area contributed by atoms with Crippen molar-refractivity contribution in [2.24, 2.45) is 0 Å². The Hall–Kier alpha value is -2.91. The van der Waals surface area contributed by atoms with Gasteiger partial charge in [0.2, 0.25) is 0 Å². The molecule has 1 heterocycles. The quantitative estimate of drug-likeness (QED) is 0.361. The molecule has 0 spiro atoms. The molecule has 3 rings (SSSR count). The van der Waals surface area contributed by atoms with Crippen molar-refractivity contribution in [1.29, 1.82) is 0 Å². The lowest BCUT2D eigenvalue weighted by Crippen LogP contribution is -2.10. The molecule has 0 bridgehead atoms. The first kappa shape index (κ1) is 25.7. The molecule has 0 radical (unpaired) electrons. The number of hydrogen-bond donors (Lipinski definition) is 2. The summed E-state index contributed by atoms with van der Waals surface area (Å²) in [4.78, 5) is 16.0. The van der Waals surface area contributed by atoms with E-state index in [0.29, 0.717) is 34.0 Å². The van der Waals surface area contributed by atoms with Gasteiger partial charge in [0, 0.05) is 5.56 Å². The van der Waals surface area contributed by atoms with Gasteiger partial charge < -0.3 is 14.9 Å². The van der Waals surface area contributed by atoms with Gasteiger partial charge in [0.15, 0.2) is 6.61 Å². The zero-order valence-electron chi connectivity index (χ0n) is 19.0. The van der Waals surface area contributed by atoms with E-state index in [1.165, 1.54) is 23.5 Å². The second-order valence-corrected chi connectivity index (χ2v) is 9.37. The Bertz CT molecular complexity index is 1140. The summed E-state index contributed by atoms with van der Waals surface area (Å²) in [5.41, 5.74) is 2.37. The molecule has 182 valence electrons. The first-order chi connectivity index (χ1) is 16.0. The normalized spacial score (nSPS) is 12.7. The average molecular weight is 494 g/mol. The minimum atomic E-state index is -4.40. The number of rotatable bonds is 9. The molecule has 1 aromatic heterocycles. The van der Waals surface area contributed by atoms with Gasteiger partial charge in [-0.1, -0.05) is 38.1 Å². The van der Waals surface area contributed by atoms with Gasteiger partial charge in [-0.3, -0.25) is 0 Å². The van der Waals surface area contributed by atoms with Gasteiger partial charge in [-0.15, -0.1) is 11.3 Å². The largest absolute Gasteiger partial charge is 0.482 e. The van der Waals surface area contributed by atoms with Crippen LogP contribution in [-0.2, 0) is 17.4 Å². The highest BCUT2D eigenvalue weighted by Gasteiger charge is 2.30. The van der Waals surface area contributed by atoms with E-state index in [2.05, 4.69) is 4.98 Å². The van der Waals surface area contributed by atoms with Crippen LogP contribution in [0.5, 0.6) is 5.75 Å². The summed E-state index contributed by atoms with van der Waals surface area (Å²) in [5.74, 6) is -0.512. The summed E-state index contributed by atoms with van der Waals surface area (Å²) >= 11 is 1.29. The number of thiazole rings is 1. The van der Waals surface area contributed by atoms with Gasteiger partial charge in [0.1, 0.15) is 10.8 Å². The number of benzene rings is 2. The highest BCUT2D eigenvalue weighted by Crippen LogP contribution is 2.38. The minimum absolute atomic E-state index is 0.0389. The highest BCUT2D eigenvalue weighted by atomic mass is 32.1. The maximum absolute atomic E-state index is 12.9. The number of aliphatic hydroxyl groups excluding tert-OH is 1. The van der Waals surface area contributed by atoms with Crippen LogP contribution in [-0.4, -0.2) is 27.8 Å². The van der Waals surface area contributed by atoms with Crippen molar-refractivity contribution >= 4 is 17.3 Å². The Kier molecular flexibility index (Phi) is 7.99. The van der Waals surface area contributed by atoms with Crippen LogP contribution in [0.25, 0.3) is 10.6 Å². The molecule has 0 aliphatic heterocycles. The van der Waals surface area contributed by atoms with Crippen molar-refractivity contribution in [2.75, 3.05) is 6.61 Å². The maximum atomic E-state index is 12.9. The van der Waals surface area contributed by atoms with Crippen molar-refractivity contribution in [2.45, 2.75) is 51.8 Å². The summed E-state index contributed by atoms with van der Waals surface area (Å²) in [6.45, 7) is 5.33. The lowest BCUT2D eigenvalue weighted by molar-refractivity contribution is -0.139. The fourth-order valence-electron chi connectivity index (χ4n) is 3.52. The molecule has 3 aromatic rings. The molecule has 0 fully saturated rings. The standard InChI is InChI=1S/C25H26F3NO4S/c1-14(2)22-23(34-24(29-22)17-6-8-18(9-7-17)25(26,27)28)19(30)10-4-16-5-11-20(15(3)12-16)33-13-21(31)32/h5-9,11-12,14,19,30H,4,10,13H2,1-3H3,(H,31,32)/t19-/m0/s1. The first-order valence-corrected chi connectivity index (χ1v) is 11.6. The summed E-state index contributed by atoms with van der Waals surface area (Å²) in [7, 11) is 0. The third kappa shape index (κ3) is 6.36. The third-order valence-electron chi connectivity index (χ3n) is 5.29. The number of aliphatic hydroxyl groups is 1. The van der Waals surface area contributed by atoms with Gasteiger partial charge >= 0.3 is 12.1 Å². The van der Waals surface area contributed by atoms with E-state index in [4.69, 9.17) is 9.84 Å². The van der Waals surface area contributed by atoms with Crippen LogP contribution in [0.15, 0.2) is 42.5 Å². The third-order valence-corrected chi connectivity index (χ3v) is 6.51. The van der Waals surface area contributed by atoms with Gasteiger partial charge in [0.25, 0.3) is 0 Å². The second-order valence-electron chi connectivity index (χ2n) is 8.34. The predicted octanol–water partition coefficient (Wildman–Crippen LogP) is 6.39. The number of aromatic nitrogens is 1. The van der Waals surface area contributed by atoms with Gasteiger partial charge in [-0.2, -0.15) is 13.2 Å². The zero-order chi connectivity index (χ0) is 25.0. The van der Waals surface area contributed by atoms with E-state index in [9.17, 15) is 23.1 Å². The molecular weight excluding hydrogens is 467 g/mol. The Morgan fingerprint density at radius 3 is 2.38 bits per heavy atom. The Morgan fingerprint density at radius 2 is 1.82 bits per heavy atom. The molecule has 2 aromatic carbocycles. The molecule has 9 heteroatoms. The summed E-state index contributed by atoms with van der Waals surface area (Å²) in [5, 5.41) is 20.2. The van der Waals surface area contributed by atoms with Crippen LogP contribution in [0.4, 0.5) is 13.2 Å². The number of carboxylic acids is 1. The molecular formula is C25H26F3NO4S. The second kappa shape index (κ2) is 10.6. The Morgan fingerprint density at radius 1 is 1.15 bits per heavy atom. The number of aliphatic carboxylic acids is 1. The molecule has 1 atom stereocenters. The molecule has 0 saturated carbocycles. The maximum Gasteiger partial charge on any atom is 0.416 e. The molecule has 5 nitrogen and oxygen atoms in total. The van der Waals surface area contributed by atoms with E-state index < -0.39 is 30.4 Å². The highest BCUT2D eigenvalue weighted by molar-refractivity contribution is 7.15. The number of carbonyl (C=O) groups is 1. The fourth-order valence-corrected chi connectivity index (χ4v) is 4.77. The number of alkyl halides is 3. The number of nitrogens with zero attached hydrogens (tertiary/aromatic N) is 1. The first-order valence-electron chi connectivity index (χ1n) is 10.8. The molecule has 0 aliphatic carbocycles. The molecule has 0 saturated heterocycles. The monoisotopic (exact) mass is 493 g/mol. The van der Waals surface area contributed by atoms with Crippen LogP contribution >= 0.6 is 11.3 Å². The van der Waals surface area contributed by atoms with E-state index in [1.54, 1.807) is 6.07 Å². The smallest absolute Gasteiger partial charge is 0.416 e. The van der Waals surface area contributed by atoms with E-state index in [-0.39, 0.29) is 5.92 Å². The van der Waals surface area contributed by atoms with Crippen LogP contribution in [0, 0.1) is 6.92 Å². The van der Waals surface area contributed by atoms with Gasteiger partial charge in [-0.25, -0.2) is 9.78 Å². The average Bonchev–Trinajstić information content (AvgIpc) is 3.22. The van der Waals surface area contributed by atoms with Crippen LogP contribution < -0.4 is 4.74 Å². The van der Waals surface area contributed by atoms with Gasteiger partial charge in [0.05, 0.1) is 22.2 Å².